The van der Waals surface area contributed by atoms with Crippen molar-refractivity contribution < 1.29 is 4.74 Å². The number of morpholine rings is 1. The first-order chi connectivity index (χ1) is 10.3. The fourth-order valence-electron chi connectivity index (χ4n) is 2.10. The van der Waals surface area contributed by atoms with Crippen LogP contribution in [0.4, 0.5) is 5.95 Å². The predicted octanol–water partition coefficient (Wildman–Crippen LogP) is 1.59. The van der Waals surface area contributed by atoms with Gasteiger partial charge in [-0.1, -0.05) is 30.3 Å². The zero-order chi connectivity index (χ0) is 14.5. The van der Waals surface area contributed by atoms with E-state index in [9.17, 15) is 0 Å². The molecule has 0 bridgehead atoms. The molecule has 0 spiro atoms. The third kappa shape index (κ3) is 3.87. The van der Waals surface area contributed by atoms with Gasteiger partial charge in [-0.25, -0.2) is 0 Å². The van der Waals surface area contributed by atoms with Crippen molar-refractivity contribution in [1.29, 1.82) is 0 Å². The average molecular weight is 306 g/mol. The van der Waals surface area contributed by atoms with Crippen molar-refractivity contribution >= 4 is 17.5 Å². The molecule has 7 heteroatoms. The molecule has 2 heterocycles. The zero-order valence-electron chi connectivity index (χ0n) is 11.4. The topological polar surface area (TPSA) is 72.0 Å². The van der Waals surface area contributed by atoms with Gasteiger partial charge in [0.15, 0.2) is 5.82 Å². The Labute approximate surface area is 127 Å². The first-order valence-electron chi connectivity index (χ1n) is 6.84. The van der Waals surface area contributed by atoms with Crippen LogP contribution < -0.4 is 10.6 Å². The van der Waals surface area contributed by atoms with Crippen LogP contribution in [-0.4, -0.2) is 47.3 Å². The summed E-state index contributed by atoms with van der Waals surface area (Å²) in [4.78, 5) is 12.7. The molecule has 1 saturated heterocycles. The van der Waals surface area contributed by atoms with Gasteiger partial charge in [-0.3, -0.25) is 0 Å². The summed E-state index contributed by atoms with van der Waals surface area (Å²) in [5.74, 6) is 1.02. The Morgan fingerprint density at radius 3 is 2.86 bits per heavy atom. The second kappa shape index (κ2) is 6.80. The Morgan fingerprint density at radius 2 is 2.10 bits per heavy atom. The van der Waals surface area contributed by atoms with E-state index in [-0.39, 0.29) is 11.4 Å². The van der Waals surface area contributed by atoms with Crippen LogP contribution in [0.1, 0.15) is 0 Å². The maximum absolute atomic E-state index is 5.98. The molecule has 0 amide bonds. The number of aromatic nitrogens is 3. The Morgan fingerprint density at radius 1 is 1.24 bits per heavy atom. The molecule has 21 heavy (non-hydrogen) atoms. The lowest BCUT2D eigenvalue weighted by atomic mass is 10.2. The Bertz CT molecular complexity index is 589. The average Bonchev–Trinajstić information content (AvgIpc) is 2.54. The highest BCUT2D eigenvalue weighted by molar-refractivity contribution is 6.28. The second-order valence-electron chi connectivity index (χ2n) is 4.70. The molecule has 3 rings (SSSR count). The minimum absolute atomic E-state index is 0.106. The van der Waals surface area contributed by atoms with Gasteiger partial charge in [0.05, 0.1) is 12.7 Å². The number of nitrogens with zero attached hydrogens (tertiary/aromatic N) is 3. The third-order valence-electron chi connectivity index (χ3n) is 3.13. The lowest BCUT2D eigenvalue weighted by Crippen LogP contribution is -2.42. The zero-order valence-corrected chi connectivity index (χ0v) is 12.2. The Balaban J connectivity index is 1.72. The molecule has 1 atom stereocenters. The van der Waals surface area contributed by atoms with Gasteiger partial charge in [0.2, 0.25) is 11.2 Å². The number of rotatable bonds is 4. The van der Waals surface area contributed by atoms with Crippen LogP contribution in [0.25, 0.3) is 11.4 Å². The van der Waals surface area contributed by atoms with Gasteiger partial charge >= 0.3 is 0 Å². The lowest BCUT2D eigenvalue weighted by Gasteiger charge is -2.23. The van der Waals surface area contributed by atoms with Gasteiger partial charge in [0.1, 0.15) is 0 Å². The molecule has 1 aromatic carbocycles. The quantitative estimate of drug-likeness (QED) is 0.894. The first-order valence-corrected chi connectivity index (χ1v) is 7.22. The van der Waals surface area contributed by atoms with Gasteiger partial charge in [-0.15, -0.1) is 0 Å². The largest absolute Gasteiger partial charge is 0.374 e. The summed E-state index contributed by atoms with van der Waals surface area (Å²) >= 11 is 5.98. The molecule has 0 aliphatic carbocycles. The number of ether oxygens (including phenoxy) is 1. The molecular weight excluding hydrogens is 290 g/mol. The van der Waals surface area contributed by atoms with Crippen molar-refractivity contribution in [3.8, 4) is 11.4 Å². The highest BCUT2D eigenvalue weighted by Crippen LogP contribution is 2.17. The number of nitrogens with one attached hydrogen (secondary N) is 2. The summed E-state index contributed by atoms with van der Waals surface area (Å²) in [5, 5.41) is 6.60. The van der Waals surface area contributed by atoms with E-state index in [0.29, 0.717) is 18.3 Å². The summed E-state index contributed by atoms with van der Waals surface area (Å²) in [7, 11) is 0. The summed E-state index contributed by atoms with van der Waals surface area (Å²) in [6, 6.07) is 9.68. The molecule has 110 valence electrons. The molecule has 1 unspecified atom stereocenters. The van der Waals surface area contributed by atoms with Gasteiger partial charge in [-0.2, -0.15) is 15.0 Å². The lowest BCUT2D eigenvalue weighted by molar-refractivity contribution is 0.0371. The number of hydrogen-bond donors (Lipinski definition) is 2. The maximum Gasteiger partial charge on any atom is 0.227 e. The maximum atomic E-state index is 5.98. The van der Waals surface area contributed by atoms with Crippen LogP contribution in [0, 0.1) is 0 Å². The molecule has 1 aliphatic heterocycles. The highest BCUT2D eigenvalue weighted by atomic mass is 35.5. The van der Waals surface area contributed by atoms with Crippen molar-refractivity contribution in [3.05, 3.63) is 35.6 Å². The van der Waals surface area contributed by atoms with E-state index in [1.807, 2.05) is 30.3 Å². The minimum atomic E-state index is 0.106. The van der Waals surface area contributed by atoms with Gasteiger partial charge in [0, 0.05) is 25.2 Å². The second-order valence-corrected chi connectivity index (χ2v) is 5.03. The number of benzene rings is 1. The normalized spacial score (nSPS) is 18.4. The number of anilines is 1. The van der Waals surface area contributed by atoms with E-state index in [0.717, 1.165) is 25.3 Å². The van der Waals surface area contributed by atoms with Crippen LogP contribution in [0.5, 0.6) is 0 Å². The summed E-state index contributed by atoms with van der Waals surface area (Å²) in [6.07, 6.45) is 0.106. The van der Waals surface area contributed by atoms with E-state index in [1.165, 1.54) is 0 Å². The molecule has 0 saturated carbocycles. The SMILES string of the molecule is Clc1nc(NCC2CNCCO2)nc(-c2ccccc2)n1. The molecule has 0 radical (unpaired) electrons. The van der Waals surface area contributed by atoms with Crippen LogP contribution in [0.3, 0.4) is 0 Å². The molecular formula is C14H16ClN5O. The van der Waals surface area contributed by atoms with E-state index in [4.69, 9.17) is 16.3 Å². The first kappa shape index (κ1) is 14.2. The molecule has 2 N–H and O–H groups in total. The van der Waals surface area contributed by atoms with Crippen molar-refractivity contribution in [2.75, 3.05) is 31.6 Å². The number of halogens is 1. The van der Waals surface area contributed by atoms with Crippen molar-refractivity contribution in [2.24, 2.45) is 0 Å². The standard InChI is InChI=1S/C14H16ClN5O/c15-13-18-12(10-4-2-1-3-5-10)19-14(20-13)17-9-11-8-16-6-7-21-11/h1-5,11,16H,6-9H2,(H,17,18,19,20). The third-order valence-corrected chi connectivity index (χ3v) is 3.30. The minimum Gasteiger partial charge on any atom is -0.374 e. The van der Waals surface area contributed by atoms with E-state index < -0.39 is 0 Å². The summed E-state index contributed by atoms with van der Waals surface area (Å²) in [6.45, 7) is 3.06. The smallest absolute Gasteiger partial charge is 0.227 e. The Hall–Kier alpha value is -1.76. The van der Waals surface area contributed by atoms with Crippen LogP contribution in [0.15, 0.2) is 30.3 Å². The van der Waals surface area contributed by atoms with E-state index in [1.54, 1.807) is 0 Å². The monoisotopic (exact) mass is 305 g/mol. The van der Waals surface area contributed by atoms with Crippen molar-refractivity contribution in [3.63, 3.8) is 0 Å². The fourth-order valence-corrected chi connectivity index (χ4v) is 2.26. The van der Waals surface area contributed by atoms with Crippen LogP contribution >= 0.6 is 11.6 Å². The molecule has 1 aliphatic rings. The highest BCUT2D eigenvalue weighted by Gasteiger charge is 2.14. The molecule has 2 aromatic rings. The number of hydrogen-bond acceptors (Lipinski definition) is 6. The molecule has 6 nitrogen and oxygen atoms in total. The summed E-state index contributed by atoms with van der Waals surface area (Å²) in [5.41, 5.74) is 0.903. The fraction of sp³-hybridized carbons (Fsp3) is 0.357. The molecule has 1 aromatic heterocycles. The van der Waals surface area contributed by atoms with E-state index in [2.05, 4.69) is 25.6 Å². The van der Waals surface area contributed by atoms with Gasteiger partial charge < -0.3 is 15.4 Å². The summed E-state index contributed by atoms with van der Waals surface area (Å²) < 4.78 is 5.62. The van der Waals surface area contributed by atoms with Crippen molar-refractivity contribution in [1.82, 2.24) is 20.3 Å². The van der Waals surface area contributed by atoms with Crippen LogP contribution in [-0.2, 0) is 4.74 Å². The van der Waals surface area contributed by atoms with Crippen molar-refractivity contribution in [2.45, 2.75) is 6.10 Å². The van der Waals surface area contributed by atoms with E-state index >= 15 is 0 Å². The van der Waals surface area contributed by atoms with Crippen LogP contribution in [0.2, 0.25) is 5.28 Å². The Kier molecular flexibility index (Phi) is 4.59. The molecule has 1 fully saturated rings. The predicted molar refractivity (Wildman–Crippen MR) is 81.4 cm³/mol. The van der Waals surface area contributed by atoms with Gasteiger partial charge in [0.25, 0.3) is 0 Å². The van der Waals surface area contributed by atoms with Gasteiger partial charge in [-0.05, 0) is 11.6 Å².